The van der Waals surface area contributed by atoms with Crippen molar-refractivity contribution < 1.29 is 13.0 Å². The lowest BCUT2D eigenvalue weighted by molar-refractivity contribution is 0.323. The van der Waals surface area contributed by atoms with Crippen LogP contribution < -0.4 is 0 Å². The summed E-state index contributed by atoms with van der Waals surface area (Å²) in [6.07, 6.45) is 2.82. The maximum Gasteiger partial charge on any atom is 0.270 e. The summed E-state index contributed by atoms with van der Waals surface area (Å²) in [6.45, 7) is 7.55. The molecule has 0 aliphatic carbocycles. The molecule has 0 aliphatic heterocycles. The van der Waals surface area contributed by atoms with Gasteiger partial charge in [-0.05, 0) is 18.8 Å². The first-order chi connectivity index (χ1) is 6.31. The SMILES string of the molecule is CCCCC(CC)(C(C)C)S(=O)(=O)O. The zero-order valence-corrected chi connectivity index (χ0v) is 10.4. The molecule has 4 heteroatoms. The summed E-state index contributed by atoms with van der Waals surface area (Å²) in [5, 5.41) is 0. The van der Waals surface area contributed by atoms with E-state index in [9.17, 15) is 13.0 Å². The van der Waals surface area contributed by atoms with Crippen molar-refractivity contribution >= 4 is 10.1 Å². The van der Waals surface area contributed by atoms with Crippen LogP contribution in [0.25, 0.3) is 0 Å². The fourth-order valence-corrected chi connectivity index (χ4v) is 3.32. The molecule has 0 saturated heterocycles. The Morgan fingerprint density at radius 3 is 2.00 bits per heavy atom. The molecule has 1 N–H and O–H groups in total. The number of rotatable bonds is 6. The van der Waals surface area contributed by atoms with E-state index in [1.54, 1.807) is 0 Å². The molecule has 0 aromatic carbocycles. The monoisotopic (exact) mass is 222 g/mol. The Morgan fingerprint density at radius 2 is 1.79 bits per heavy atom. The minimum Gasteiger partial charge on any atom is -0.285 e. The predicted molar refractivity (Wildman–Crippen MR) is 58.9 cm³/mol. The maximum atomic E-state index is 11.4. The van der Waals surface area contributed by atoms with Crippen LogP contribution >= 0.6 is 0 Å². The molecule has 0 amide bonds. The van der Waals surface area contributed by atoms with E-state index in [0.29, 0.717) is 12.8 Å². The summed E-state index contributed by atoms with van der Waals surface area (Å²) in [7, 11) is -3.95. The van der Waals surface area contributed by atoms with Crippen LogP contribution in [0.15, 0.2) is 0 Å². The van der Waals surface area contributed by atoms with Gasteiger partial charge in [0.15, 0.2) is 0 Å². The van der Waals surface area contributed by atoms with Crippen LogP contribution in [0.3, 0.4) is 0 Å². The second-order valence-corrected chi connectivity index (χ2v) is 5.91. The van der Waals surface area contributed by atoms with Crippen LogP contribution in [0.4, 0.5) is 0 Å². The van der Waals surface area contributed by atoms with Crippen molar-refractivity contribution in [3.63, 3.8) is 0 Å². The molecule has 3 nitrogen and oxygen atoms in total. The van der Waals surface area contributed by atoms with Gasteiger partial charge < -0.3 is 0 Å². The fraction of sp³-hybridized carbons (Fsp3) is 1.00. The van der Waals surface area contributed by atoms with E-state index in [-0.39, 0.29) is 5.92 Å². The van der Waals surface area contributed by atoms with Crippen LogP contribution in [0.2, 0.25) is 0 Å². The summed E-state index contributed by atoms with van der Waals surface area (Å²) in [5.74, 6) is -0.0472. The van der Waals surface area contributed by atoms with E-state index in [1.165, 1.54) is 0 Å². The number of hydrogen-bond donors (Lipinski definition) is 1. The molecule has 0 rings (SSSR count). The highest BCUT2D eigenvalue weighted by atomic mass is 32.2. The van der Waals surface area contributed by atoms with Gasteiger partial charge in [0.25, 0.3) is 10.1 Å². The van der Waals surface area contributed by atoms with Crippen molar-refractivity contribution in [2.45, 2.75) is 58.1 Å². The molecule has 0 heterocycles. The van der Waals surface area contributed by atoms with E-state index >= 15 is 0 Å². The average Bonchev–Trinajstić information content (AvgIpc) is 2.03. The minimum atomic E-state index is -3.95. The topological polar surface area (TPSA) is 54.4 Å². The molecule has 0 spiro atoms. The number of hydrogen-bond acceptors (Lipinski definition) is 2. The fourth-order valence-electron chi connectivity index (χ4n) is 1.96. The smallest absolute Gasteiger partial charge is 0.270 e. The third kappa shape index (κ3) is 2.70. The second kappa shape index (κ2) is 5.12. The molecule has 0 radical (unpaired) electrons. The van der Waals surface area contributed by atoms with E-state index in [0.717, 1.165) is 12.8 Å². The van der Waals surface area contributed by atoms with Crippen LogP contribution in [-0.2, 0) is 10.1 Å². The molecule has 0 aliphatic rings. The van der Waals surface area contributed by atoms with Gasteiger partial charge in [-0.1, -0.05) is 40.5 Å². The number of unbranched alkanes of at least 4 members (excludes halogenated alkanes) is 1. The van der Waals surface area contributed by atoms with Crippen molar-refractivity contribution in [1.82, 2.24) is 0 Å². The molecule has 0 fully saturated rings. The molecular weight excluding hydrogens is 200 g/mol. The Balaban J connectivity index is 5.00. The standard InChI is InChI=1S/C10H22O3S/c1-5-7-8-10(6-2,9(3)4)14(11,12)13/h9H,5-8H2,1-4H3,(H,11,12,13). The van der Waals surface area contributed by atoms with Gasteiger partial charge in [0.1, 0.15) is 0 Å². The molecule has 0 aromatic heterocycles. The van der Waals surface area contributed by atoms with E-state index in [1.807, 2.05) is 27.7 Å². The predicted octanol–water partition coefficient (Wildman–Crippen LogP) is 2.87. The zero-order valence-electron chi connectivity index (χ0n) is 9.58. The Hall–Kier alpha value is -0.0900. The molecule has 0 bridgehead atoms. The molecule has 0 aromatic rings. The van der Waals surface area contributed by atoms with E-state index in [2.05, 4.69) is 0 Å². The lowest BCUT2D eigenvalue weighted by Gasteiger charge is -2.33. The quantitative estimate of drug-likeness (QED) is 0.703. The lowest BCUT2D eigenvalue weighted by atomic mass is 9.87. The highest BCUT2D eigenvalue weighted by molar-refractivity contribution is 7.87. The van der Waals surface area contributed by atoms with E-state index < -0.39 is 14.9 Å². The first-order valence-corrected chi connectivity index (χ1v) is 6.72. The maximum absolute atomic E-state index is 11.4. The van der Waals surface area contributed by atoms with Gasteiger partial charge in [-0.3, -0.25) is 4.55 Å². The highest BCUT2D eigenvalue weighted by Crippen LogP contribution is 2.34. The van der Waals surface area contributed by atoms with Crippen LogP contribution in [0.5, 0.6) is 0 Å². The van der Waals surface area contributed by atoms with Gasteiger partial charge in [-0.15, -0.1) is 0 Å². The van der Waals surface area contributed by atoms with Gasteiger partial charge in [0.2, 0.25) is 0 Å². The molecule has 86 valence electrons. The molecule has 1 unspecified atom stereocenters. The third-order valence-electron chi connectivity index (χ3n) is 3.12. The first-order valence-electron chi connectivity index (χ1n) is 5.28. The van der Waals surface area contributed by atoms with Crippen molar-refractivity contribution in [3.8, 4) is 0 Å². The third-order valence-corrected chi connectivity index (χ3v) is 5.11. The Bertz CT molecular complexity index is 257. The highest BCUT2D eigenvalue weighted by Gasteiger charge is 2.43. The van der Waals surface area contributed by atoms with Crippen LogP contribution in [-0.4, -0.2) is 17.7 Å². The van der Waals surface area contributed by atoms with Crippen molar-refractivity contribution in [2.75, 3.05) is 0 Å². The molecular formula is C10H22O3S. The lowest BCUT2D eigenvalue weighted by Crippen LogP contribution is -2.42. The Labute approximate surface area is 87.7 Å². The van der Waals surface area contributed by atoms with Crippen LogP contribution in [0, 0.1) is 5.92 Å². The zero-order chi connectivity index (χ0) is 11.4. The van der Waals surface area contributed by atoms with Gasteiger partial charge in [-0.2, -0.15) is 8.42 Å². The summed E-state index contributed by atoms with van der Waals surface area (Å²) < 4.78 is 31.1. The van der Waals surface area contributed by atoms with Gasteiger partial charge in [0.05, 0.1) is 4.75 Å². The average molecular weight is 222 g/mol. The molecule has 14 heavy (non-hydrogen) atoms. The second-order valence-electron chi connectivity index (χ2n) is 4.15. The summed E-state index contributed by atoms with van der Waals surface area (Å²) in [6, 6.07) is 0. The summed E-state index contributed by atoms with van der Waals surface area (Å²) >= 11 is 0. The van der Waals surface area contributed by atoms with E-state index in [4.69, 9.17) is 0 Å². The Kier molecular flexibility index (Phi) is 5.09. The van der Waals surface area contributed by atoms with Crippen molar-refractivity contribution in [2.24, 2.45) is 5.92 Å². The van der Waals surface area contributed by atoms with Gasteiger partial charge in [-0.25, -0.2) is 0 Å². The normalized spacial score (nSPS) is 17.0. The molecule has 0 saturated carbocycles. The van der Waals surface area contributed by atoms with Gasteiger partial charge in [0, 0.05) is 0 Å². The van der Waals surface area contributed by atoms with Gasteiger partial charge >= 0.3 is 0 Å². The largest absolute Gasteiger partial charge is 0.285 e. The molecule has 1 atom stereocenters. The first kappa shape index (κ1) is 13.9. The van der Waals surface area contributed by atoms with Crippen molar-refractivity contribution in [1.29, 1.82) is 0 Å². The Morgan fingerprint density at radius 1 is 1.29 bits per heavy atom. The minimum absolute atomic E-state index is 0.0472. The van der Waals surface area contributed by atoms with Crippen LogP contribution in [0.1, 0.15) is 53.4 Å². The summed E-state index contributed by atoms with van der Waals surface area (Å²) in [4.78, 5) is 0. The van der Waals surface area contributed by atoms with Crippen molar-refractivity contribution in [3.05, 3.63) is 0 Å². The summed E-state index contributed by atoms with van der Waals surface area (Å²) in [5.41, 5.74) is 0.